The molecule has 2 heterocycles. The van der Waals surface area contributed by atoms with E-state index in [0.29, 0.717) is 24.1 Å². The number of rotatable bonds is 3. The summed E-state index contributed by atoms with van der Waals surface area (Å²) in [5, 5.41) is 0. The van der Waals surface area contributed by atoms with Crippen molar-refractivity contribution in [2.75, 3.05) is 5.43 Å². The molecule has 0 aliphatic rings. The van der Waals surface area contributed by atoms with Gasteiger partial charge in [-0.25, -0.2) is 15.6 Å². The SMILES string of the molecule is CCn1c(=O)n(CC)c2cc3[nH]c(=O)c(NN)nc3cc21. The molecule has 0 radical (unpaired) electrons. The summed E-state index contributed by atoms with van der Waals surface area (Å²) in [5.74, 6) is 5.31. The van der Waals surface area contributed by atoms with Crippen molar-refractivity contribution in [1.82, 2.24) is 19.1 Å². The molecule has 0 amide bonds. The van der Waals surface area contributed by atoms with E-state index in [9.17, 15) is 9.59 Å². The predicted octanol–water partition coefficient (Wildman–Crippen LogP) is 0.365. The van der Waals surface area contributed by atoms with Gasteiger partial charge < -0.3 is 10.4 Å². The maximum atomic E-state index is 12.3. The van der Waals surface area contributed by atoms with Gasteiger partial charge >= 0.3 is 5.69 Å². The maximum absolute atomic E-state index is 12.3. The van der Waals surface area contributed by atoms with Gasteiger partial charge in [0.05, 0.1) is 22.1 Å². The second-order valence-electron chi connectivity index (χ2n) is 4.69. The number of aryl methyl sites for hydroxylation is 2. The molecule has 0 atom stereocenters. The zero-order chi connectivity index (χ0) is 15.1. The Kier molecular flexibility index (Phi) is 3.02. The Bertz CT molecular complexity index is 949. The van der Waals surface area contributed by atoms with E-state index in [-0.39, 0.29) is 11.5 Å². The smallest absolute Gasteiger partial charge is 0.317 e. The number of H-pyrrole nitrogens is 1. The molecule has 4 N–H and O–H groups in total. The number of benzene rings is 1. The molecule has 1 aromatic carbocycles. The Labute approximate surface area is 119 Å². The van der Waals surface area contributed by atoms with Gasteiger partial charge in [-0.2, -0.15) is 0 Å². The van der Waals surface area contributed by atoms with Gasteiger partial charge in [-0.1, -0.05) is 0 Å². The lowest BCUT2D eigenvalue weighted by atomic mass is 10.2. The molecule has 0 aliphatic heterocycles. The summed E-state index contributed by atoms with van der Waals surface area (Å²) < 4.78 is 3.35. The average molecular weight is 288 g/mol. The summed E-state index contributed by atoms with van der Waals surface area (Å²) in [5.41, 5.74) is 4.52. The molecule has 8 nitrogen and oxygen atoms in total. The quantitative estimate of drug-likeness (QED) is 0.476. The Morgan fingerprint density at radius 1 is 1.19 bits per heavy atom. The Morgan fingerprint density at radius 3 is 2.38 bits per heavy atom. The standard InChI is InChI=1S/C13H16N6O2/c1-3-18-9-5-7-8(16-12(20)11(15-7)17-14)6-10(9)19(4-2)13(18)21/h5-6H,3-4,14H2,1-2H3,(H,15,17)(H,16,20). The summed E-state index contributed by atoms with van der Waals surface area (Å²) in [6.45, 7) is 4.96. The maximum Gasteiger partial charge on any atom is 0.329 e. The highest BCUT2D eigenvalue weighted by atomic mass is 16.1. The number of aromatic amines is 1. The van der Waals surface area contributed by atoms with Crippen molar-refractivity contribution in [3.05, 3.63) is 33.0 Å². The van der Waals surface area contributed by atoms with E-state index in [2.05, 4.69) is 15.4 Å². The number of nitrogens with two attached hydrogens (primary N) is 1. The largest absolute Gasteiger partial charge is 0.329 e. The molecule has 0 fully saturated rings. The van der Waals surface area contributed by atoms with Crippen LogP contribution in [0.1, 0.15) is 13.8 Å². The van der Waals surface area contributed by atoms with Crippen LogP contribution in [0.3, 0.4) is 0 Å². The van der Waals surface area contributed by atoms with E-state index in [1.165, 1.54) is 0 Å². The lowest BCUT2D eigenvalue weighted by molar-refractivity contribution is 0.671. The number of fused-ring (bicyclic) bond motifs is 2. The molecule has 0 bridgehead atoms. The van der Waals surface area contributed by atoms with Crippen LogP contribution in [0, 0.1) is 0 Å². The zero-order valence-corrected chi connectivity index (χ0v) is 11.8. The van der Waals surface area contributed by atoms with Gasteiger partial charge in [0.25, 0.3) is 5.56 Å². The van der Waals surface area contributed by atoms with E-state index in [1.807, 2.05) is 13.8 Å². The summed E-state index contributed by atoms with van der Waals surface area (Å²) in [6.07, 6.45) is 0. The number of nitrogens with one attached hydrogen (secondary N) is 2. The van der Waals surface area contributed by atoms with Crippen molar-refractivity contribution >= 4 is 27.9 Å². The van der Waals surface area contributed by atoms with Crippen LogP contribution in [-0.4, -0.2) is 19.1 Å². The van der Waals surface area contributed by atoms with Gasteiger partial charge in [0.2, 0.25) is 5.82 Å². The third-order valence-electron chi connectivity index (χ3n) is 3.60. The number of aromatic nitrogens is 4. The fourth-order valence-corrected chi connectivity index (χ4v) is 2.60. The van der Waals surface area contributed by atoms with Crippen molar-refractivity contribution < 1.29 is 0 Å². The monoisotopic (exact) mass is 288 g/mol. The van der Waals surface area contributed by atoms with Gasteiger partial charge in [0.15, 0.2) is 0 Å². The first-order chi connectivity index (χ1) is 10.1. The normalized spacial score (nSPS) is 11.4. The lowest BCUT2D eigenvalue weighted by Gasteiger charge is -2.04. The molecule has 21 heavy (non-hydrogen) atoms. The van der Waals surface area contributed by atoms with Crippen LogP contribution in [0.15, 0.2) is 21.7 Å². The molecule has 3 aromatic rings. The number of nitrogen functional groups attached to an aromatic ring is 1. The van der Waals surface area contributed by atoms with Gasteiger partial charge in [-0.15, -0.1) is 0 Å². The minimum atomic E-state index is -0.398. The Balaban J connectivity index is 2.49. The minimum absolute atomic E-state index is 0.0437. The van der Waals surface area contributed by atoms with E-state index < -0.39 is 5.56 Å². The van der Waals surface area contributed by atoms with Gasteiger partial charge in [-0.3, -0.25) is 13.9 Å². The van der Waals surface area contributed by atoms with E-state index >= 15 is 0 Å². The van der Waals surface area contributed by atoms with Crippen molar-refractivity contribution in [1.29, 1.82) is 0 Å². The number of imidazole rings is 1. The van der Waals surface area contributed by atoms with Crippen LogP contribution in [0.5, 0.6) is 0 Å². The number of anilines is 1. The van der Waals surface area contributed by atoms with Crippen molar-refractivity contribution in [3.8, 4) is 0 Å². The van der Waals surface area contributed by atoms with Crippen LogP contribution >= 0.6 is 0 Å². The predicted molar refractivity (Wildman–Crippen MR) is 81.3 cm³/mol. The molecule has 0 aliphatic carbocycles. The molecule has 0 spiro atoms. The van der Waals surface area contributed by atoms with Gasteiger partial charge in [-0.05, 0) is 26.0 Å². The van der Waals surface area contributed by atoms with Crippen molar-refractivity contribution in [2.24, 2.45) is 5.84 Å². The van der Waals surface area contributed by atoms with Crippen LogP contribution < -0.4 is 22.5 Å². The Hall–Kier alpha value is -2.61. The first kappa shape index (κ1) is 13.4. The number of hydrazine groups is 1. The summed E-state index contributed by atoms with van der Waals surface area (Å²) in [7, 11) is 0. The molecule has 3 rings (SSSR count). The first-order valence-electron chi connectivity index (χ1n) is 6.74. The zero-order valence-electron chi connectivity index (χ0n) is 11.8. The third kappa shape index (κ3) is 1.83. The van der Waals surface area contributed by atoms with Crippen LogP contribution in [0.25, 0.3) is 22.1 Å². The molecule has 0 unspecified atom stereocenters. The fraction of sp³-hybridized carbons (Fsp3) is 0.308. The highest BCUT2D eigenvalue weighted by Crippen LogP contribution is 2.20. The second kappa shape index (κ2) is 4.74. The molecule has 110 valence electrons. The van der Waals surface area contributed by atoms with Gasteiger partial charge in [0, 0.05) is 13.1 Å². The first-order valence-corrected chi connectivity index (χ1v) is 6.74. The summed E-state index contributed by atoms with van der Waals surface area (Å²) in [4.78, 5) is 31.0. The molecular weight excluding hydrogens is 272 g/mol. The molecule has 8 heteroatoms. The molecule has 0 saturated heterocycles. The highest BCUT2D eigenvalue weighted by molar-refractivity contribution is 5.91. The Morgan fingerprint density at radius 2 is 1.81 bits per heavy atom. The van der Waals surface area contributed by atoms with Crippen molar-refractivity contribution in [2.45, 2.75) is 26.9 Å². The molecule has 0 saturated carbocycles. The van der Waals surface area contributed by atoms with Crippen LogP contribution in [0.2, 0.25) is 0 Å². The van der Waals surface area contributed by atoms with Gasteiger partial charge in [0.1, 0.15) is 0 Å². The topological polar surface area (TPSA) is 111 Å². The van der Waals surface area contributed by atoms with E-state index in [4.69, 9.17) is 5.84 Å². The number of hydrogen-bond donors (Lipinski definition) is 3. The number of nitrogens with zero attached hydrogens (tertiary/aromatic N) is 3. The van der Waals surface area contributed by atoms with E-state index in [0.717, 1.165) is 11.0 Å². The number of hydrogen-bond acceptors (Lipinski definition) is 5. The fourth-order valence-electron chi connectivity index (χ4n) is 2.60. The van der Waals surface area contributed by atoms with Crippen molar-refractivity contribution in [3.63, 3.8) is 0 Å². The highest BCUT2D eigenvalue weighted by Gasteiger charge is 2.13. The molecule has 2 aromatic heterocycles. The summed E-state index contributed by atoms with van der Waals surface area (Å²) in [6, 6.07) is 3.56. The minimum Gasteiger partial charge on any atom is -0.317 e. The third-order valence-corrected chi connectivity index (χ3v) is 3.60. The summed E-state index contributed by atoms with van der Waals surface area (Å²) >= 11 is 0. The second-order valence-corrected chi connectivity index (χ2v) is 4.69. The lowest BCUT2D eigenvalue weighted by Crippen LogP contribution is -2.22. The van der Waals surface area contributed by atoms with Crippen LogP contribution in [-0.2, 0) is 13.1 Å². The average Bonchev–Trinajstić information content (AvgIpc) is 2.74. The van der Waals surface area contributed by atoms with Crippen LogP contribution in [0.4, 0.5) is 5.82 Å². The van der Waals surface area contributed by atoms with E-state index in [1.54, 1.807) is 21.3 Å². The molecular formula is C13H16N6O2.